The number of piperidine rings is 1. The third-order valence-electron chi connectivity index (χ3n) is 9.91. The number of anilines is 1. The highest BCUT2D eigenvalue weighted by Gasteiger charge is 2.44. The Labute approximate surface area is 295 Å². The van der Waals surface area contributed by atoms with Gasteiger partial charge in [-0.3, -0.25) is 0 Å². The molecule has 0 saturated carbocycles. The number of sulfonamides is 1. The molecular weight excluding hydrogens is 657 g/mol. The number of rotatable bonds is 15. The molecule has 2 aliphatic heterocycles. The second-order valence-electron chi connectivity index (χ2n) is 13.1. The number of nitrogens with one attached hydrogen (secondary N) is 1. The van der Waals surface area contributed by atoms with Gasteiger partial charge < -0.3 is 23.8 Å². The van der Waals surface area contributed by atoms with Gasteiger partial charge in [-0.1, -0.05) is 48.0 Å². The molecule has 1 fully saturated rings. The lowest BCUT2D eigenvalue weighted by Crippen LogP contribution is -2.52. The Morgan fingerprint density at radius 1 is 1.06 bits per heavy atom. The van der Waals surface area contributed by atoms with E-state index in [1.165, 1.54) is 0 Å². The van der Waals surface area contributed by atoms with Crippen molar-refractivity contribution in [2.75, 3.05) is 52.0 Å². The Morgan fingerprint density at radius 3 is 2.56 bits per heavy atom. The van der Waals surface area contributed by atoms with Crippen LogP contribution < -0.4 is 14.4 Å². The summed E-state index contributed by atoms with van der Waals surface area (Å²) in [6.07, 6.45) is 2.34. The highest BCUT2D eigenvalue weighted by Crippen LogP contribution is 2.41. The van der Waals surface area contributed by atoms with Gasteiger partial charge in [0.1, 0.15) is 18.1 Å². The van der Waals surface area contributed by atoms with E-state index in [1.54, 1.807) is 30.7 Å². The molecular formula is C37H48N6O6S. The van der Waals surface area contributed by atoms with Crippen molar-refractivity contribution >= 4 is 15.7 Å². The van der Waals surface area contributed by atoms with Crippen LogP contribution in [0, 0.1) is 6.92 Å². The fourth-order valence-electron chi connectivity index (χ4n) is 7.11. The molecule has 0 amide bonds. The number of fused-ring (bicyclic) bond motifs is 1. The lowest BCUT2D eigenvalue weighted by molar-refractivity contribution is -0.0217. The number of aromatic nitrogens is 4. The lowest BCUT2D eigenvalue weighted by atomic mass is 9.81. The first-order valence-corrected chi connectivity index (χ1v) is 18.8. The SMILES string of the molecule is CC[C@H](C[C@H]1C[C@H](c2ccc(OC)cc2)[C@@H](OCc2ccc3c(c2)N(CCCOC)CCO3)CN1S(=O)(=O)c1ccc(C)cc1)c1nn[nH]n1. The van der Waals surface area contributed by atoms with Gasteiger partial charge in [0.25, 0.3) is 0 Å². The molecule has 3 aromatic carbocycles. The number of methoxy groups -OCH3 is 2. The van der Waals surface area contributed by atoms with Crippen molar-refractivity contribution in [2.24, 2.45) is 0 Å². The molecule has 1 saturated heterocycles. The van der Waals surface area contributed by atoms with Crippen molar-refractivity contribution in [1.29, 1.82) is 0 Å². The monoisotopic (exact) mass is 704 g/mol. The number of tetrazole rings is 1. The zero-order valence-corrected chi connectivity index (χ0v) is 30.1. The summed E-state index contributed by atoms with van der Waals surface area (Å²) in [6.45, 7) is 7.53. The van der Waals surface area contributed by atoms with E-state index in [1.807, 2.05) is 43.3 Å². The second kappa shape index (κ2) is 16.3. The minimum Gasteiger partial charge on any atom is -0.497 e. The fraction of sp³-hybridized carbons (Fsp3) is 0.486. The van der Waals surface area contributed by atoms with Crippen LogP contribution >= 0.6 is 0 Å². The Balaban J connectivity index is 1.32. The number of nitrogens with zero attached hydrogens (tertiary/aromatic N) is 5. The average Bonchev–Trinajstić information content (AvgIpc) is 3.68. The van der Waals surface area contributed by atoms with Crippen molar-refractivity contribution in [3.05, 3.63) is 89.2 Å². The summed E-state index contributed by atoms with van der Waals surface area (Å²) < 4.78 is 54.2. The van der Waals surface area contributed by atoms with Crippen molar-refractivity contribution < 1.29 is 27.4 Å². The fourth-order valence-corrected chi connectivity index (χ4v) is 8.77. The maximum absolute atomic E-state index is 14.5. The van der Waals surface area contributed by atoms with Gasteiger partial charge in [-0.05, 0) is 80.1 Å². The van der Waals surface area contributed by atoms with Gasteiger partial charge >= 0.3 is 0 Å². The first kappa shape index (κ1) is 35.8. The van der Waals surface area contributed by atoms with Crippen LogP contribution in [0.15, 0.2) is 71.6 Å². The minimum absolute atomic E-state index is 0.0759. The molecule has 2 aliphatic rings. The van der Waals surface area contributed by atoms with Gasteiger partial charge in [0.15, 0.2) is 5.82 Å². The number of ether oxygens (including phenoxy) is 4. The third-order valence-corrected chi connectivity index (χ3v) is 11.8. The number of aromatic amines is 1. The summed E-state index contributed by atoms with van der Waals surface area (Å²) in [4.78, 5) is 2.60. The lowest BCUT2D eigenvalue weighted by Gasteiger charge is -2.44. The van der Waals surface area contributed by atoms with Crippen LogP contribution in [-0.4, -0.2) is 92.6 Å². The number of H-pyrrole nitrogens is 1. The van der Waals surface area contributed by atoms with Gasteiger partial charge in [-0.25, -0.2) is 8.42 Å². The molecule has 1 aromatic heterocycles. The van der Waals surface area contributed by atoms with Crippen LogP contribution in [0.3, 0.4) is 0 Å². The molecule has 0 bridgehead atoms. The molecule has 12 nitrogen and oxygen atoms in total. The molecule has 3 heterocycles. The van der Waals surface area contributed by atoms with E-state index < -0.39 is 16.1 Å². The smallest absolute Gasteiger partial charge is 0.243 e. The molecule has 4 aromatic rings. The van der Waals surface area contributed by atoms with Crippen LogP contribution in [0.2, 0.25) is 0 Å². The largest absolute Gasteiger partial charge is 0.497 e. The summed E-state index contributed by atoms with van der Waals surface area (Å²) in [6, 6.07) is 20.9. The molecule has 0 aliphatic carbocycles. The van der Waals surface area contributed by atoms with Gasteiger partial charge in [0, 0.05) is 44.7 Å². The zero-order valence-electron chi connectivity index (χ0n) is 29.3. The van der Waals surface area contributed by atoms with E-state index in [9.17, 15) is 8.42 Å². The van der Waals surface area contributed by atoms with E-state index in [2.05, 4.69) is 50.6 Å². The highest BCUT2D eigenvalue weighted by molar-refractivity contribution is 7.89. The number of hydrogen-bond donors (Lipinski definition) is 1. The second-order valence-corrected chi connectivity index (χ2v) is 15.0. The van der Waals surface area contributed by atoms with Crippen molar-refractivity contribution in [3.8, 4) is 11.5 Å². The Hall–Kier alpha value is -4.04. The topological polar surface area (TPSA) is 132 Å². The van der Waals surface area contributed by atoms with Gasteiger partial charge in [0.05, 0.1) is 36.9 Å². The molecule has 50 heavy (non-hydrogen) atoms. The Morgan fingerprint density at radius 2 is 1.86 bits per heavy atom. The molecule has 0 spiro atoms. The molecule has 4 atom stereocenters. The standard InChI is InChI=1S/C37H48N6O6S/c1-5-28(37-38-40-41-39-37)22-30-23-33(29-10-12-31(47-4)13-11-29)36(24-43(30)50(44,45)32-14-7-26(2)8-15-32)49-25-27-9-16-35-34(21-27)42(18-20-48-35)17-6-19-46-3/h7-16,21,28,30,33,36H,5-6,17-20,22-25H2,1-4H3,(H,38,39,40,41)/t28-,30+,33-,36+/m1/s1. The third kappa shape index (κ3) is 8.12. The molecule has 13 heteroatoms. The number of benzene rings is 3. The minimum atomic E-state index is -3.88. The van der Waals surface area contributed by atoms with E-state index in [0.717, 1.165) is 59.8 Å². The maximum atomic E-state index is 14.5. The van der Waals surface area contributed by atoms with Gasteiger partial charge in [-0.15, -0.1) is 10.2 Å². The van der Waals surface area contributed by atoms with Crippen LogP contribution in [-0.2, 0) is 26.1 Å². The van der Waals surface area contributed by atoms with E-state index in [0.29, 0.717) is 38.5 Å². The summed E-state index contributed by atoms with van der Waals surface area (Å²) in [5.74, 6) is 2.05. The van der Waals surface area contributed by atoms with E-state index in [4.69, 9.17) is 18.9 Å². The molecule has 268 valence electrons. The molecule has 6 rings (SSSR count). The Kier molecular flexibility index (Phi) is 11.7. The predicted molar refractivity (Wildman–Crippen MR) is 190 cm³/mol. The summed E-state index contributed by atoms with van der Waals surface area (Å²) in [5, 5.41) is 14.9. The van der Waals surface area contributed by atoms with Gasteiger partial charge in [0.2, 0.25) is 10.0 Å². The maximum Gasteiger partial charge on any atom is 0.243 e. The first-order chi connectivity index (χ1) is 24.3. The summed E-state index contributed by atoms with van der Waals surface area (Å²) in [7, 11) is -0.507. The molecule has 0 radical (unpaired) electrons. The highest BCUT2D eigenvalue weighted by atomic mass is 32.2. The van der Waals surface area contributed by atoms with E-state index in [-0.39, 0.29) is 29.3 Å². The van der Waals surface area contributed by atoms with Crippen LogP contribution in [0.5, 0.6) is 11.5 Å². The Bertz CT molecular complexity index is 1770. The molecule has 0 unspecified atom stereocenters. The normalized spacial score (nSPS) is 20.2. The number of aryl methyl sites for hydroxylation is 1. The van der Waals surface area contributed by atoms with Crippen molar-refractivity contribution in [2.45, 2.75) is 75.0 Å². The zero-order chi connectivity index (χ0) is 35.1. The predicted octanol–water partition coefficient (Wildman–Crippen LogP) is 5.47. The van der Waals surface area contributed by atoms with Gasteiger partial charge in [-0.2, -0.15) is 9.52 Å². The summed E-state index contributed by atoms with van der Waals surface area (Å²) >= 11 is 0. The molecule has 1 N–H and O–H groups in total. The van der Waals surface area contributed by atoms with Crippen LogP contribution in [0.25, 0.3) is 0 Å². The number of hydrogen-bond acceptors (Lipinski definition) is 10. The summed E-state index contributed by atoms with van der Waals surface area (Å²) in [5.41, 5.74) is 4.11. The van der Waals surface area contributed by atoms with Crippen molar-refractivity contribution in [3.63, 3.8) is 0 Å². The first-order valence-electron chi connectivity index (χ1n) is 17.4. The average molecular weight is 705 g/mol. The van der Waals surface area contributed by atoms with Crippen LogP contribution in [0.4, 0.5) is 5.69 Å². The van der Waals surface area contributed by atoms with E-state index >= 15 is 0 Å². The van der Waals surface area contributed by atoms with Crippen LogP contribution in [0.1, 0.15) is 67.0 Å². The quantitative estimate of drug-likeness (QED) is 0.159. The van der Waals surface area contributed by atoms with Crippen molar-refractivity contribution in [1.82, 2.24) is 24.9 Å².